The van der Waals surface area contributed by atoms with Gasteiger partial charge < -0.3 is 10.4 Å². The Morgan fingerprint density at radius 2 is 2.00 bits per heavy atom. The Hall–Kier alpha value is -0.970. The maximum atomic E-state index is 13.9. The van der Waals surface area contributed by atoms with Gasteiger partial charge in [-0.25, -0.2) is 4.39 Å². The van der Waals surface area contributed by atoms with Gasteiger partial charge >= 0.3 is 0 Å². The predicted molar refractivity (Wildman–Crippen MR) is 79.2 cm³/mol. The second-order valence-electron chi connectivity index (χ2n) is 6.34. The van der Waals surface area contributed by atoms with Gasteiger partial charge in [0.05, 0.1) is 0 Å². The van der Waals surface area contributed by atoms with Crippen molar-refractivity contribution in [2.75, 3.05) is 32.8 Å². The van der Waals surface area contributed by atoms with Crippen molar-refractivity contribution in [1.29, 1.82) is 0 Å². The standard InChI is InChI=1S/C16H25FN2O/c1-12-4-5-13(10-14(12)17)15(16(2,3)11-20)19-8-6-18-7-9-19/h4-5,10,15,18,20H,6-9,11H2,1-3H3/t15-/m0/s1. The van der Waals surface area contributed by atoms with E-state index in [1.165, 1.54) is 0 Å². The van der Waals surface area contributed by atoms with Gasteiger partial charge in [0.25, 0.3) is 0 Å². The highest BCUT2D eigenvalue weighted by atomic mass is 19.1. The Balaban J connectivity index is 2.36. The van der Waals surface area contributed by atoms with Crippen LogP contribution in [0.3, 0.4) is 0 Å². The summed E-state index contributed by atoms with van der Waals surface area (Å²) in [6.07, 6.45) is 0. The number of hydrogen-bond acceptors (Lipinski definition) is 3. The van der Waals surface area contributed by atoms with Crippen molar-refractivity contribution in [2.45, 2.75) is 26.8 Å². The summed E-state index contributed by atoms with van der Waals surface area (Å²) in [4.78, 5) is 2.34. The molecule has 0 spiro atoms. The Morgan fingerprint density at radius 1 is 1.35 bits per heavy atom. The van der Waals surface area contributed by atoms with Crippen molar-refractivity contribution in [3.8, 4) is 0 Å². The van der Waals surface area contributed by atoms with Gasteiger partial charge in [-0.1, -0.05) is 26.0 Å². The summed E-state index contributed by atoms with van der Waals surface area (Å²) in [5.74, 6) is -0.170. The number of piperazine rings is 1. The second kappa shape index (κ2) is 6.20. The molecule has 4 heteroatoms. The largest absolute Gasteiger partial charge is 0.396 e. The molecule has 0 radical (unpaired) electrons. The molecule has 1 aliphatic rings. The van der Waals surface area contributed by atoms with Crippen LogP contribution in [0.5, 0.6) is 0 Å². The Labute approximate surface area is 120 Å². The molecule has 0 bridgehead atoms. The molecular weight excluding hydrogens is 255 g/mol. The first kappa shape index (κ1) is 15.4. The molecule has 0 aromatic heterocycles. The number of rotatable bonds is 4. The average molecular weight is 280 g/mol. The minimum Gasteiger partial charge on any atom is -0.396 e. The first-order valence-corrected chi connectivity index (χ1v) is 7.27. The van der Waals surface area contributed by atoms with Crippen LogP contribution in [0.4, 0.5) is 4.39 Å². The number of halogens is 1. The van der Waals surface area contributed by atoms with Crippen molar-refractivity contribution >= 4 is 0 Å². The van der Waals surface area contributed by atoms with E-state index >= 15 is 0 Å². The van der Waals surface area contributed by atoms with Gasteiger partial charge in [-0.15, -0.1) is 0 Å². The first-order chi connectivity index (χ1) is 9.45. The Bertz CT molecular complexity index is 456. The molecule has 2 rings (SSSR count). The van der Waals surface area contributed by atoms with Crippen molar-refractivity contribution in [3.05, 3.63) is 35.1 Å². The van der Waals surface area contributed by atoms with E-state index in [1.54, 1.807) is 13.0 Å². The molecule has 20 heavy (non-hydrogen) atoms. The van der Waals surface area contributed by atoms with Crippen LogP contribution in [0.15, 0.2) is 18.2 Å². The first-order valence-electron chi connectivity index (χ1n) is 7.27. The lowest BCUT2D eigenvalue weighted by Crippen LogP contribution is -2.49. The summed E-state index contributed by atoms with van der Waals surface area (Å²) < 4.78 is 13.9. The van der Waals surface area contributed by atoms with Gasteiger partial charge in [0, 0.05) is 44.2 Å². The summed E-state index contributed by atoms with van der Waals surface area (Å²) in [7, 11) is 0. The molecule has 1 heterocycles. The maximum absolute atomic E-state index is 13.9. The maximum Gasteiger partial charge on any atom is 0.126 e. The fourth-order valence-electron chi connectivity index (χ4n) is 2.96. The van der Waals surface area contributed by atoms with Crippen LogP contribution in [-0.4, -0.2) is 42.8 Å². The third-order valence-electron chi connectivity index (χ3n) is 4.18. The lowest BCUT2D eigenvalue weighted by molar-refractivity contribution is 0.0304. The molecule has 1 saturated heterocycles. The lowest BCUT2D eigenvalue weighted by Gasteiger charge is -2.43. The molecule has 112 valence electrons. The number of nitrogens with one attached hydrogen (secondary N) is 1. The summed E-state index contributed by atoms with van der Waals surface area (Å²) in [5, 5.41) is 13.1. The van der Waals surface area contributed by atoms with Gasteiger partial charge in [0.1, 0.15) is 5.82 Å². The second-order valence-corrected chi connectivity index (χ2v) is 6.34. The highest BCUT2D eigenvalue weighted by Crippen LogP contribution is 2.38. The quantitative estimate of drug-likeness (QED) is 0.886. The number of benzene rings is 1. The number of nitrogens with zero attached hydrogens (tertiary/aromatic N) is 1. The van der Waals surface area contributed by atoms with E-state index < -0.39 is 0 Å². The molecule has 1 aliphatic heterocycles. The minimum absolute atomic E-state index is 0.0321. The van der Waals surface area contributed by atoms with E-state index in [-0.39, 0.29) is 23.9 Å². The van der Waals surface area contributed by atoms with Crippen LogP contribution in [0.25, 0.3) is 0 Å². The molecular formula is C16H25FN2O. The zero-order chi connectivity index (χ0) is 14.8. The smallest absolute Gasteiger partial charge is 0.126 e. The van der Waals surface area contributed by atoms with E-state index in [4.69, 9.17) is 0 Å². The topological polar surface area (TPSA) is 35.5 Å². The molecule has 1 aromatic carbocycles. The molecule has 0 amide bonds. The van der Waals surface area contributed by atoms with Gasteiger partial charge in [0.15, 0.2) is 0 Å². The van der Waals surface area contributed by atoms with Crippen molar-refractivity contribution in [3.63, 3.8) is 0 Å². The summed E-state index contributed by atoms with van der Waals surface area (Å²) in [6.45, 7) is 9.65. The Morgan fingerprint density at radius 3 is 2.55 bits per heavy atom. The lowest BCUT2D eigenvalue weighted by atomic mass is 9.79. The molecule has 1 fully saturated rings. The van der Waals surface area contributed by atoms with Crippen molar-refractivity contribution in [1.82, 2.24) is 10.2 Å². The van der Waals surface area contributed by atoms with Crippen LogP contribution in [0.2, 0.25) is 0 Å². The number of aliphatic hydroxyl groups excluding tert-OH is 1. The molecule has 1 aromatic rings. The van der Waals surface area contributed by atoms with E-state index in [0.717, 1.165) is 31.7 Å². The van der Waals surface area contributed by atoms with Crippen molar-refractivity contribution < 1.29 is 9.50 Å². The molecule has 2 N–H and O–H groups in total. The van der Waals surface area contributed by atoms with Crippen molar-refractivity contribution in [2.24, 2.45) is 5.41 Å². The minimum atomic E-state index is -0.307. The molecule has 0 aliphatic carbocycles. The SMILES string of the molecule is Cc1ccc([C@H](N2CCNCC2)C(C)(C)CO)cc1F. The highest BCUT2D eigenvalue weighted by Gasteiger charge is 2.35. The normalized spacial score (nSPS) is 19.1. The monoisotopic (exact) mass is 280 g/mol. The molecule has 0 unspecified atom stereocenters. The summed E-state index contributed by atoms with van der Waals surface area (Å²) in [5.41, 5.74) is 1.31. The molecule has 0 saturated carbocycles. The van der Waals surface area contributed by atoms with E-state index in [1.807, 2.05) is 26.0 Å². The fourth-order valence-corrected chi connectivity index (χ4v) is 2.96. The van der Waals surface area contributed by atoms with Gasteiger partial charge in [-0.2, -0.15) is 0 Å². The van der Waals surface area contributed by atoms with Crippen LogP contribution >= 0.6 is 0 Å². The zero-order valence-corrected chi connectivity index (χ0v) is 12.6. The third kappa shape index (κ3) is 3.19. The average Bonchev–Trinajstić information content (AvgIpc) is 2.44. The van der Waals surface area contributed by atoms with Gasteiger partial charge in [-0.3, -0.25) is 4.90 Å². The number of aryl methyl sites for hydroxylation is 1. The van der Waals surface area contributed by atoms with Gasteiger partial charge in [-0.05, 0) is 24.1 Å². The van der Waals surface area contributed by atoms with E-state index in [0.29, 0.717) is 5.56 Å². The van der Waals surface area contributed by atoms with Gasteiger partial charge in [0.2, 0.25) is 0 Å². The molecule has 1 atom stereocenters. The number of hydrogen-bond donors (Lipinski definition) is 2. The van der Waals surface area contributed by atoms with E-state index in [9.17, 15) is 9.50 Å². The Kier molecular flexibility index (Phi) is 4.78. The van der Waals surface area contributed by atoms with Crippen LogP contribution in [-0.2, 0) is 0 Å². The van der Waals surface area contributed by atoms with E-state index in [2.05, 4.69) is 10.2 Å². The van der Waals surface area contributed by atoms with Crippen LogP contribution in [0, 0.1) is 18.2 Å². The summed E-state index contributed by atoms with van der Waals surface area (Å²) >= 11 is 0. The number of aliphatic hydroxyl groups is 1. The van der Waals surface area contributed by atoms with Crippen LogP contribution < -0.4 is 5.32 Å². The third-order valence-corrected chi connectivity index (χ3v) is 4.18. The fraction of sp³-hybridized carbons (Fsp3) is 0.625. The summed E-state index contributed by atoms with van der Waals surface area (Å²) in [6, 6.07) is 5.47. The highest BCUT2D eigenvalue weighted by molar-refractivity contribution is 5.27. The molecule has 3 nitrogen and oxygen atoms in total. The predicted octanol–water partition coefficient (Wildman–Crippen LogP) is 2.10. The zero-order valence-electron chi connectivity index (χ0n) is 12.6. The van der Waals surface area contributed by atoms with Crippen LogP contribution in [0.1, 0.15) is 31.0 Å².